The number of thioether (sulfide) groups is 1. The highest BCUT2D eigenvalue weighted by atomic mass is 32.2. The molecule has 0 saturated carbocycles. The van der Waals surface area contributed by atoms with E-state index in [-0.39, 0.29) is 24.5 Å². The summed E-state index contributed by atoms with van der Waals surface area (Å²) in [4.78, 5) is 35.0. The molecule has 3 rings (SSSR count). The van der Waals surface area contributed by atoms with Crippen molar-refractivity contribution in [2.24, 2.45) is 0 Å². The van der Waals surface area contributed by atoms with Crippen molar-refractivity contribution < 1.29 is 14.3 Å². The van der Waals surface area contributed by atoms with E-state index in [0.29, 0.717) is 29.0 Å². The van der Waals surface area contributed by atoms with Crippen molar-refractivity contribution in [1.82, 2.24) is 19.8 Å². The van der Waals surface area contributed by atoms with Gasteiger partial charge in [0.25, 0.3) is 0 Å². The monoisotopic (exact) mass is 338 g/mol. The molecular formula is C13H14N4O3S2. The van der Waals surface area contributed by atoms with Crippen molar-refractivity contribution in [1.29, 1.82) is 0 Å². The van der Waals surface area contributed by atoms with Gasteiger partial charge in [0.2, 0.25) is 17.7 Å². The van der Waals surface area contributed by atoms with Crippen LogP contribution in [-0.4, -0.2) is 67.4 Å². The first-order valence-electron chi connectivity index (χ1n) is 6.81. The summed E-state index contributed by atoms with van der Waals surface area (Å²) in [5.41, 5.74) is 0. The first-order valence-corrected chi connectivity index (χ1v) is 8.20. The van der Waals surface area contributed by atoms with Gasteiger partial charge >= 0.3 is 0 Å². The van der Waals surface area contributed by atoms with Crippen LogP contribution in [0.1, 0.15) is 6.42 Å². The first-order chi connectivity index (χ1) is 10.6. The number of ether oxygens (including phenoxy) is 1. The fourth-order valence-electron chi connectivity index (χ4n) is 2.34. The molecule has 2 amide bonds. The molecule has 2 aliphatic rings. The summed E-state index contributed by atoms with van der Waals surface area (Å²) in [5, 5.41) is 0. The Bertz CT molecular complexity index is 582. The minimum atomic E-state index is -0.108. The zero-order valence-electron chi connectivity index (χ0n) is 11.7. The maximum absolute atomic E-state index is 12.3. The van der Waals surface area contributed by atoms with Gasteiger partial charge in [-0.1, -0.05) is 24.0 Å². The molecule has 0 aromatic carbocycles. The number of carbonyl (C=O) groups excluding carboxylic acids is 2. The molecule has 3 heterocycles. The van der Waals surface area contributed by atoms with Crippen molar-refractivity contribution in [3.05, 3.63) is 18.6 Å². The molecule has 2 fully saturated rings. The SMILES string of the molecule is O=C(CN1C(=O)CSC1=S)N1CCC(Oc2cnccn2)C1. The molecule has 2 aliphatic heterocycles. The lowest BCUT2D eigenvalue weighted by atomic mass is 10.3. The second-order valence-electron chi connectivity index (χ2n) is 4.95. The van der Waals surface area contributed by atoms with Gasteiger partial charge in [-0.2, -0.15) is 0 Å². The second kappa shape index (κ2) is 6.57. The number of hydrogen-bond acceptors (Lipinski definition) is 7. The van der Waals surface area contributed by atoms with Crippen LogP contribution in [0.2, 0.25) is 0 Å². The number of thiocarbonyl (C=S) groups is 1. The van der Waals surface area contributed by atoms with E-state index in [1.807, 2.05) is 0 Å². The van der Waals surface area contributed by atoms with Crippen LogP contribution >= 0.6 is 24.0 Å². The van der Waals surface area contributed by atoms with Gasteiger partial charge in [-0.25, -0.2) is 4.98 Å². The molecule has 116 valence electrons. The number of rotatable bonds is 4. The fourth-order valence-corrected chi connectivity index (χ4v) is 3.41. The Morgan fingerprint density at radius 2 is 2.36 bits per heavy atom. The van der Waals surface area contributed by atoms with Gasteiger partial charge in [-0.05, 0) is 0 Å². The summed E-state index contributed by atoms with van der Waals surface area (Å²) < 4.78 is 6.17. The molecular weight excluding hydrogens is 324 g/mol. The van der Waals surface area contributed by atoms with Crippen LogP contribution in [0.4, 0.5) is 0 Å². The van der Waals surface area contributed by atoms with E-state index in [2.05, 4.69) is 9.97 Å². The normalized spacial score (nSPS) is 21.5. The summed E-state index contributed by atoms with van der Waals surface area (Å²) in [6.07, 6.45) is 5.31. The number of hydrogen-bond donors (Lipinski definition) is 0. The lowest BCUT2D eigenvalue weighted by Gasteiger charge is -2.20. The third-order valence-electron chi connectivity index (χ3n) is 3.46. The molecule has 9 heteroatoms. The van der Waals surface area contributed by atoms with Crippen LogP contribution in [0, 0.1) is 0 Å². The number of carbonyl (C=O) groups is 2. The van der Waals surface area contributed by atoms with Gasteiger partial charge < -0.3 is 9.64 Å². The summed E-state index contributed by atoms with van der Waals surface area (Å²) in [7, 11) is 0. The quantitative estimate of drug-likeness (QED) is 0.732. The number of aromatic nitrogens is 2. The third kappa shape index (κ3) is 3.36. The molecule has 0 radical (unpaired) electrons. The maximum Gasteiger partial charge on any atom is 0.242 e. The van der Waals surface area contributed by atoms with Crippen LogP contribution in [0.3, 0.4) is 0 Å². The van der Waals surface area contributed by atoms with E-state index < -0.39 is 0 Å². The van der Waals surface area contributed by atoms with Gasteiger partial charge in [-0.15, -0.1) is 0 Å². The zero-order chi connectivity index (χ0) is 15.5. The molecule has 1 atom stereocenters. The lowest BCUT2D eigenvalue weighted by Crippen LogP contribution is -2.41. The van der Waals surface area contributed by atoms with Crippen molar-refractivity contribution >= 4 is 40.1 Å². The van der Waals surface area contributed by atoms with E-state index in [0.717, 1.165) is 6.42 Å². The average Bonchev–Trinajstić information content (AvgIpc) is 3.10. The Kier molecular flexibility index (Phi) is 4.53. The number of nitrogens with zero attached hydrogens (tertiary/aromatic N) is 4. The lowest BCUT2D eigenvalue weighted by molar-refractivity contribution is -0.135. The van der Waals surface area contributed by atoms with Crippen molar-refractivity contribution in [2.75, 3.05) is 25.4 Å². The van der Waals surface area contributed by atoms with E-state index >= 15 is 0 Å². The standard InChI is InChI=1S/C13H14N4O3S2/c18-11(7-17-12(19)8-22-13(17)21)16-4-1-9(6-16)20-10-5-14-2-3-15-10/h2-3,5,9H,1,4,6-8H2. The van der Waals surface area contributed by atoms with Crippen LogP contribution < -0.4 is 4.74 Å². The van der Waals surface area contributed by atoms with Crippen LogP contribution in [0.15, 0.2) is 18.6 Å². The molecule has 2 saturated heterocycles. The number of amides is 2. The maximum atomic E-state index is 12.3. The van der Waals surface area contributed by atoms with E-state index in [1.54, 1.807) is 23.5 Å². The molecule has 0 N–H and O–H groups in total. The first kappa shape index (κ1) is 15.2. The molecule has 1 aromatic heterocycles. The molecule has 0 spiro atoms. The minimum Gasteiger partial charge on any atom is -0.471 e. The largest absolute Gasteiger partial charge is 0.471 e. The van der Waals surface area contributed by atoms with Crippen LogP contribution in [0.25, 0.3) is 0 Å². The van der Waals surface area contributed by atoms with Crippen molar-refractivity contribution in [3.8, 4) is 5.88 Å². The zero-order valence-corrected chi connectivity index (χ0v) is 13.3. The summed E-state index contributed by atoms with van der Waals surface area (Å²) in [5.74, 6) is 0.567. The van der Waals surface area contributed by atoms with Gasteiger partial charge in [0.05, 0.1) is 18.5 Å². The van der Waals surface area contributed by atoms with E-state index in [4.69, 9.17) is 17.0 Å². The van der Waals surface area contributed by atoms with Crippen molar-refractivity contribution in [3.63, 3.8) is 0 Å². The Balaban J connectivity index is 1.53. The van der Waals surface area contributed by atoms with Gasteiger partial charge in [0, 0.05) is 25.4 Å². The minimum absolute atomic E-state index is 0.0164. The van der Waals surface area contributed by atoms with Gasteiger partial charge in [0.15, 0.2) is 0 Å². The molecule has 22 heavy (non-hydrogen) atoms. The predicted molar refractivity (Wildman–Crippen MR) is 84.4 cm³/mol. The van der Waals surface area contributed by atoms with Gasteiger partial charge in [-0.3, -0.25) is 19.5 Å². The summed E-state index contributed by atoms with van der Waals surface area (Å²) in [6, 6.07) is 0. The average molecular weight is 338 g/mol. The number of likely N-dealkylation sites (tertiary alicyclic amines) is 1. The highest BCUT2D eigenvalue weighted by Gasteiger charge is 2.33. The Labute approximate surface area is 137 Å². The Hall–Kier alpha value is -1.74. The fraction of sp³-hybridized carbons (Fsp3) is 0.462. The molecule has 7 nitrogen and oxygen atoms in total. The van der Waals surface area contributed by atoms with E-state index in [9.17, 15) is 9.59 Å². The highest BCUT2D eigenvalue weighted by molar-refractivity contribution is 8.23. The summed E-state index contributed by atoms with van der Waals surface area (Å²) >= 11 is 6.38. The predicted octanol–water partition coefficient (Wildman–Crippen LogP) is 0.317. The van der Waals surface area contributed by atoms with Crippen LogP contribution in [-0.2, 0) is 9.59 Å². The molecule has 0 bridgehead atoms. The molecule has 1 unspecified atom stereocenters. The van der Waals surface area contributed by atoms with Crippen LogP contribution in [0.5, 0.6) is 5.88 Å². The molecule has 0 aliphatic carbocycles. The molecule has 1 aromatic rings. The Morgan fingerprint density at radius 1 is 1.50 bits per heavy atom. The topological polar surface area (TPSA) is 75.6 Å². The van der Waals surface area contributed by atoms with Gasteiger partial charge in [0.1, 0.15) is 17.0 Å². The van der Waals surface area contributed by atoms with Crippen molar-refractivity contribution in [2.45, 2.75) is 12.5 Å². The smallest absolute Gasteiger partial charge is 0.242 e. The highest BCUT2D eigenvalue weighted by Crippen LogP contribution is 2.20. The third-order valence-corrected chi connectivity index (χ3v) is 4.89. The Morgan fingerprint density at radius 3 is 3.05 bits per heavy atom. The summed E-state index contributed by atoms with van der Waals surface area (Å²) in [6.45, 7) is 1.10. The van der Waals surface area contributed by atoms with E-state index in [1.165, 1.54) is 16.7 Å². The second-order valence-corrected chi connectivity index (χ2v) is 6.56.